The summed E-state index contributed by atoms with van der Waals surface area (Å²) in [5.74, 6) is -1.46. The minimum Gasteiger partial charge on any atom is -0.337 e. The molecule has 5 nitrogen and oxygen atoms in total. The molecule has 3 unspecified atom stereocenters. The number of anilines is 1. The number of nitrogens with zero attached hydrogens (tertiary/aromatic N) is 2. The number of hydrogen-bond acceptors (Lipinski definition) is 4. The molecule has 174 valence electrons. The Morgan fingerprint density at radius 3 is 2.41 bits per heavy atom. The van der Waals surface area contributed by atoms with E-state index in [0.717, 1.165) is 11.0 Å². The Bertz CT molecular complexity index is 958. The van der Waals surface area contributed by atoms with E-state index in [9.17, 15) is 22.8 Å². The SMILES string of the molecule is Cc1c(N(C(=O)CCl)C(C(=O)N2CC(C)NC(C)C2)c2cccs2)cccc1C(F)(F)F. The number of amides is 2. The van der Waals surface area contributed by atoms with Crippen molar-refractivity contribution in [3.8, 4) is 0 Å². The molecule has 0 saturated carbocycles. The number of hydrogen-bond donors (Lipinski definition) is 1. The van der Waals surface area contributed by atoms with Gasteiger partial charge >= 0.3 is 6.18 Å². The third-order valence-corrected chi connectivity index (χ3v) is 6.58. The van der Waals surface area contributed by atoms with Crippen LogP contribution in [0.2, 0.25) is 0 Å². The number of alkyl halides is 4. The standard InChI is InChI=1S/C22H25ClF3N3O2S/c1-13-11-28(12-14(2)27-13)21(31)20(18-8-5-9-32-18)29(19(30)10-23)17-7-4-6-16(15(17)3)22(24,25)26/h4-9,13-14,20,27H,10-12H2,1-3H3. The predicted molar refractivity (Wildman–Crippen MR) is 120 cm³/mol. The second-order valence-corrected chi connectivity index (χ2v) is 9.22. The Balaban J connectivity index is 2.14. The van der Waals surface area contributed by atoms with Crippen LogP contribution < -0.4 is 10.2 Å². The summed E-state index contributed by atoms with van der Waals surface area (Å²) in [6, 6.07) is 6.05. The fourth-order valence-corrected chi connectivity index (χ4v) is 5.09. The largest absolute Gasteiger partial charge is 0.416 e. The minimum absolute atomic E-state index is 0.0217. The lowest BCUT2D eigenvalue weighted by Gasteiger charge is -2.40. The summed E-state index contributed by atoms with van der Waals surface area (Å²) in [4.78, 5) is 30.1. The fraction of sp³-hybridized carbons (Fsp3) is 0.455. The van der Waals surface area contributed by atoms with Gasteiger partial charge in [0.15, 0.2) is 0 Å². The minimum atomic E-state index is -4.60. The highest BCUT2D eigenvalue weighted by atomic mass is 35.5. The van der Waals surface area contributed by atoms with Gasteiger partial charge in [0, 0.05) is 35.7 Å². The Hall–Kier alpha value is -2.10. The quantitative estimate of drug-likeness (QED) is 0.627. The van der Waals surface area contributed by atoms with Crippen LogP contribution in [0.5, 0.6) is 0 Å². The van der Waals surface area contributed by atoms with Crippen molar-refractivity contribution in [3.05, 3.63) is 51.7 Å². The van der Waals surface area contributed by atoms with Gasteiger partial charge < -0.3 is 10.2 Å². The Kier molecular flexibility index (Phi) is 7.52. The molecule has 1 aliphatic rings. The van der Waals surface area contributed by atoms with E-state index in [4.69, 9.17) is 11.6 Å². The molecule has 1 saturated heterocycles. The number of piperazine rings is 1. The first-order valence-corrected chi connectivity index (χ1v) is 11.6. The van der Waals surface area contributed by atoms with Crippen molar-refractivity contribution >= 4 is 40.4 Å². The first-order chi connectivity index (χ1) is 15.0. The van der Waals surface area contributed by atoms with Gasteiger partial charge in [0.1, 0.15) is 11.9 Å². The maximum absolute atomic E-state index is 13.8. The number of carbonyl (C=O) groups excluding carboxylic acids is 2. The second-order valence-electron chi connectivity index (χ2n) is 7.97. The molecule has 1 aliphatic heterocycles. The van der Waals surface area contributed by atoms with Crippen LogP contribution in [0.25, 0.3) is 0 Å². The van der Waals surface area contributed by atoms with Crippen molar-refractivity contribution in [2.24, 2.45) is 0 Å². The number of nitrogens with one attached hydrogen (secondary N) is 1. The molecule has 1 aromatic carbocycles. The Morgan fingerprint density at radius 2 is 1.88 bits per heavy atom. The van der Waals surface area contributed by atoms with Gasteiger partial charge in [0.05, 0.1) is 5.56 Å². The van der Waals surface area contributed by atoms with Crippen molar-refractivity contribution in [2.45, 2.75) is 45.1 Å². The van der Waals surface area contributed by atoms with Crippen molar-refractivity contribution in [1.82, 2.24) is 10.2 Å². The van der Waals surface area contributed by atoms with Crippen molar-refractivity contribution in [2.75, 3.05) is 23.9 Å². The van der Waals surface area contributed by atoms with E-state index in [-0.39, 0.29) is 29.2 Å². The monoisotopic (exact) mass is 487 g/mol. The van der Waals surface area contributed by atoms with Crippen LogP contribution in [0.3, 0.4) is 0 Å². The third kappa shape index (κ3) is 5.10. The summed E-state index contributed by atoms with van der Waals surface area (Å²) in [5.41, 5.74) is -0.965. The molecule has 0 spiro atoms. The first kappa shape index (κ1) is 24.5. The van der Waals surface area contributed by atoms with Crippen molar-refractivity contribution in [1.29, 1.82) is 0 Å². The molecular weight excluding hydrogens is 463 g/mol. The van der Waals surface area contributed by atoms with E-state index in [1.165, 1.54) is 30.4 Å². The van der Waals surface area contributed by atoms with Gasteiger partial charge in [-0.2, -0.15) is 13.2 Å². The lowest BCUT2D eigenvalue weighted by Crippen LogP contribution is -2.58. The van der Waals surface area contributed by atoms with E-state index in [1.54, 1.807) is 22.4 Å². The molecule has 32 heavy (non-hydrogen) atoms. The fourth-order valence-electron chi connectivity index (χ4n) is 4.16. The number of halogens is 4. The van der Waals surface area contributed by atoms with Gasteiger partial charge in [-0.3, -0.25) is 14.5 Å². The van der Waals surface area contributed by atoms with Crippen LogP contribution in [0.1, 0.15) is 35.9 Å². The smallest absolute Gasteiger partial charge is 0.337 e. The van der Waals surface area contributed by atoms with Crippen LogP contribution in [0.15, 0.2) is 35.7 Å². The molecular formula is C22H25ClF3N3O2S. The van der Waals surface area contributed by atoms with Gasteiger partial charge in [-0.25, -0.2) is 0 Å². The highest BCUT2D eigenvalue weighted by Gasteiger charge is 2.40. The number of rotatable bonds is 5. The molecule has 1 N–H and O–H groups in total. The number of carbonyl (C=O) groups is 2. The maximum atomic E-state index is 13.8. The van der Waals surface area contributed by atoms with Crippen molar-refractivity contribution < 1.29 is 22.8 Å². The van der Waals surface area contributed by atoms with Gasteiger partial charge in [-0.05, 0) is 49.9 Å². The highest BCUT2D eigenvalue weighted by Crippen LogP contribution is 2.39. The molecule has 2 amide bonds. The summed E-state index contributed by atoms with van der Waals surface area (Å²) in [7, 11) is 0. The molecule has 1 aromatic heterocycles. The summed E-state index contributed by atoms with van der Waals surface area (Å²) in [5, 5.41) is 5.11. The molecule has 0 aliphatic carbocycles. The molecule has 3 rings (SSSR count). The zero-order chi connectivity index (χ0) is 23.6. The van der Waals surface area contributed by atoms with Crippen LogP contribution in [-0.2, 0) is 15.8 Å². The maximum Gasteiger partial charge on any atom is 0.416 e. The van der Waals surface area contributed by atoms with Crippen LogP contribution in [0, 0.1) is 6.92 Å². The summed E-state index contributed by atoms with van der Waals surface area (Å²) in [6.45, 7) is 6.06. The summed E-state index contributed by atoms with van der Waals surface area (Å²) < 4.78 is 40.7. The average Bonchev–Trinajstić information content (AvgIpc) is 3.24. The Morgan fingerprint density at radius 1 is 1.22 bits per heavy atom. The first-order valence-electron chi connectivity index (χ1n) is 10.2. The zero-order valence-electron chi connectivity index (χ0n) is 17.9. The van der Waals surface area contributed by atoms with Crippen molar-refractivity contribution in [3.63, 3.8) is 0 Å². The normalized spacial score (nSPS) is 20.2. The topological polar surface area (TPSA) is 52.7 Å². The number of thiophene rings is 1. The van der Waals surface area contributed by atoms with E-state index in [2.05, 4.69) is 5.32 Å². The van der Waals surface area contributed by atoms with E-state index < -0.39 is 29.6 Å². The zero-order valence-corrected chi connectivity index (χ0v) is 19.5. The molecule has 2 aromatic rings. The van der Waals surface area contributed by atoms with Gasteiger partial charge in [0.2, 0.25) is 5.91 Å². The second kappa shape index (κ2) is 9.80. The molecule has 10 heteroatoms. The number of benzene rings is 1. The molecule has 3 atom stereocenters. The average molecular weight is 488 g/mol. The van der Waals surface area contributed by atoms with Crippen LogP contribution >= 0.6 is 22.9 Å². The highest BCUT2D eigenvalue weighted by molar-refractivity contribution is 7.10. The van der Waals surface area contributed by atoms with Crippen LogP contribution in [0.4, 0.5) is 18.9 Å². The third-order valence-electron chi connectivity index (χ3n) is 5.43. The molecule has 0 radical (unpaired) electrons. The van der Waals surface area contributed by atoms with Gasteiger partial charge in [-0.1, -0.05) is 12.1 Å². The summed E-state index contributed by atoms with van der Waals surface area (Å²) >= 11 is 7.15. The van der Waals surface area contributed by atoms with E-state index in [1.807, 2.05) is 13.8 Å². The van der Waals surface area contributed by atoms with Gasteiger partial charge in [-0.15, -0.1) is 22.9 Å². The molecule has 0 bridgehead atoms. The Labute approximate surface area is 194 Å². The lowest BCUT2D eigenvalue weighted by atomic mass is 10.0. The van der Waals surface area contributed by atoms with E-state index >= 15 is 0 Å². The summed E-state index contributed by atoms with van der Waals surface area (Å²) in [6.07, 6.45) is -4.60. The molecule has 1 fully saturated rings. The predicted octanol–water partition coefficient (Wildman–Crippen LogP) is 4.60. The van der Waals surface area contributed by atoms with Gasteiger partial charge in [0.25, 0.3) is 5.91 Å². The molecule has 2 heterocycles. The van der Waals surface area contributed by atoms with Crippen LogP contribution in [-0.4, -0.2) is 47.8 Å². The lowest BCUT2D eigenvalue weighted by molar-refractivity contribution is -0.138. The van der Waals surface area contributed by atoms with E-state index in [0.29, 0.717) is 18.0 Å².